The molecular formula is C8H8ClFO2. The highest BCUT2D eigenvalue weighted by molar-refractivity contribution is 6.32. The number of aliphatic hydroxyl groups is 1. The van der Waals surface area contributed by atoms with E-state index < -0.39 is 5.82 Å². The molecule has 0 heterocycles. The van der Waals surface area contributed by atoms with Crippen LogP contribution >= 0.6 is 11.6 Å². The van der Waals surface area contributed by atoms with Crippen molar-refractivity contribution in [3.63, 3.8) is 0 Å². The number of halogens is 2. The normalized spacial score (nSPS) is 10.0. The molecule has 0 aliphatic heterocycles. The highest BCUT2D eigenvalue weighted by atomic mass is 35.5. The molecule has 0 atom stereocenters. The molecule has 1 aromatic rings. The van der Waals surface area contributed by atoms with Gasteiger partial charge in [0.05, 0.1) is 18.7 Å². The van der Waals surface area contributed by atoms with Crippen molar-refractivity contribution < 1.29 is 14.2 Å². The minimum atomic E-state index is -0.604. The molecule has 0 aliphatic rings. The molecule has 12 heavy (non-hydrogen) atoms. The lowest BCUT2D eigenvalue weighted by molar-refractivity contribution is 0.272. The molecule has 1 rings (SSSR count). The number of methoxy groups -OCH3 is 1. The standard InChI is InChI=1S/C8H8ClFO2/c1-12-8-6(9)3-2-5(4-11)7(8)10/h2-3,11H,4H2,1H3. The minimum absolute atomic E-state index is 0.0248. The van der Waals surface area contributed by atoms with E-state index in [4.69, 9.17) is 21.4 Å². The largest absolute Gasteiger partial charge is 0.492 e. The second-order valence-electron chi connectivity index (χ2n) is 2.21. The zero-order valence-electron chi connectivity index (χ0n) is 6.47. The Morgan fingerprint density at radius 3 is 2.75 bits per heavy atom. The average molecular weight is 191 g/mol. The Kier molecular flexibility index (Phi) is 2.89. The molecule has 0 spiro atoms. The second kappa shape index (κ2) is 3.74. The summed E-state index contributed by atoms with van der Waals surface area (Å²) in [5.41, 5.74) is 0.177. The second-order valence-corrected chi connectivity index (χ2v) is 2.62. The van der Waals surface area contributed by atoms with E-state index in [-0.39, 0.29) is 22.9 Å². The zero-order chi connectivity index (χ0) is 9.14. The van der Waals surface area contributed by atoms with Gasteiger partial charge < -0.3 is 9.84 Å². The number of aliphatic hydroxyl groups excluding tert-OH is 1. The maximum Gasteiger partial charge on any atom is 0.173 e. The van der Waals surface area contributed by atoms with E-state index in [1.54, 1.807) is 0 Å². The van der Waals surface area contributed by atoms with Gasteiger partial charge in [-0.2, -0.15) is 0 Å². The molecule has 0 amide bonds. The summed E-state index contributed by atoms with van der Waals surface area (Å²) in [5, 5.41) is 8.89. The van der Waals surface area contributed by atoms with Gasteiger partial charge in [-0.05, 0) is 6.07 Å². The Hall–Kier alpha value is -0.800. The van der Waals surface area contributed by atoms with Crippen molar-refractivity contribution in [3.8, 4) is 5.75 Å². The summed E-state index contributed by atoms with van der Waals surface area (Å²) >= 11 is 5.61. The maximum absolute atomic E-state index is 13.2. The van der Waals surface area contributed by atoms with Gasteiger partial charge in [0.15, 0.2) is 11.6 Å². The summed E-state index contributed by atoms with van der Waals surface area (Å²) in [6.07, 6.45) is 0. The van der Waals surface area contributed by atoms with Gasteiger partial charge in [0, 0.05) is 5.56 Å². The molecule has 0 saturated carbocycles. The summed E-state index contributed by atoms with van der Waals surface area (Å²) < 4.78 is 17.9. The Morgan fingerprint density at radius 2 is 2.25 bits per heavy atom. The van der Waals surface area contributed by atoms with Crippen LogP contribution in [0.5, 0.6) is 5.75 Å². The summed E-state index contributed by atoms with van der Waals surface area (Å²) in [5.74, 6) is -0.629. The summed E-state index contributed by atoms with van der Waals surface area (Å²) in [6, 6.07) is 2.90. The number of rotatable bonds is 2. The molecule has 0 saturated heterocycles. The van der Waals surface area contributed by atoms with Crippen LogP contribution in [0, 0.1) is 5.82 Å². The molecule has 66 valence electrons. The van der Waals surface area contributed by atoms with Gasteiger partial charge in [0.2, 0.25) is 0 Å². The van der Waals surface area contributed by atoms with Crippen molar-refractivity contribution in [3.05, 3.63) is 28.5 Å². The summed E-state index contributed by atoms with van der Waals surface area (Å²) in [4.78, 5) is 0. The first-order chi connectivity index (χ1) is 5.70. The van der Waals surface area contributed by atoms with E-state index >= 15 is 0 Å². The number of hydrogen-bond donors (Lipinski definition) is 1. The lowest BCUT2D eigenvalue weighted by Gasteiger charge is -2.06. The van der Waals surface area contributed by atoms with Crippen LogP contribution < -0.4 is 4.74 Å². The van der Waals surface area contributed by atoms with Gasteiger partial charge in [-0.3, -0.25) is 0 Å². The first-order valence-corrected chi connectivity index (χ1v) is 3.70. The van der Waals surface area contributed by atoms with Crippen LogP contribution in [0.15, 0.2) is 12.1 Å². The van der Waals surface area contributed by atoms with Crippen LogP contribution in [0.3, 0.4) is 0 Å². The fourth-order valence-corrected chi connectivity index (χ4v) is 1.11. The van der Waals surface area contributed by atoms with Crippen molar-refractivity contribution in [1.82, 2.24) is 0 Å². The molecule has 2 nitrogen and oxygen atoms in total. The maximum atomic E-state index is 13.2. The van der Waals surface area contributed by atoms with Crippen molar-refractivity contribution in [2.75, 3.05) is 7.11 Å². The van der Waals surface area contributed by atoms with E-state index in [0.717, 1.165) is 0 Å². The smallest absolute Gasteiger partial charge is 0.173 e. The fourth-order valence-electron chi connectivity index (χ4n) is 0.882. The van der Waals surface area contributed by atoms with E-state index in [2.05, 4.69) is 0 Å². The third-order valence-corrected chi connectivity index (χ3v) is 1.80. The van der Waals surface area contributed by atoms with Crippen LogP contribution in [0.25, 0.3) is 0 Å². The topological polar surface area (TPSA) is 29.5 Å². The van der Waals surface area contributed by atoms with E-state index in [0.29, 0.717) is 0 Å². The van der Waals surface area contributed by atoms with Crippen molar-refractivity contribution in [2.45, 2.75) is 6.61 Å². The Labute approximate surface area is 74.5 Å². The van der Waals surface area contributed by atoms with E-state index in [1.807, 2.05) is 0 Å². The SMILES string of the molecule is COc1c(Cl)ccc(CO)c1F. The Bertz CT molecular complexity index is 289. The first kappa shape index (κ1) is 9.29. The van der Waals surface area contributed by atoms with Crippen LogP contribution in [0.2, 0.25) is 5.02 Å². The average Bonchev–Trinajstić information content (AvgIpc) is 2.06. The van der Waals surface area contributed by atoms with Gasteiger partial charge in [-0.25, -0.2) is 4.39 Å². The molecule has 4 heteroatoms. The van der Waals surface area contributed by atoms with Crippen LogP contribution in [-0.2, 0) is 6.61 Å². The predicted molar refractivity (Wildman–Crippen MR) is 43.9 cm³/mol. The third-order valence-electron chi connectivity index (χ3n) is 1.50. The molecule has 0 aliphatic carbocycles. The molecule has 0 radical (unpaired) electrons. The third kappa shape index (κ3) is 1.52. The molecule has 0 aromatic heterocycles. The van der Waals surface area contributed by atoms with Crippen molar-refractivity contribution in [2.24, 2.45) is 0 Å². The highest BCUT2D eigenvalue weighted by Crippen LogP contribution is 2.29. The summed E-state index contributed by atoms with van der Waals surface area (Å²) in [6.45, 7) is -0.362. The molecule has 1 N–H and O–H groups in total. The first-order valence-electron chi connectivity index (χ1n) is 3.32. The van der Waals surface area contributed by atoms with Crippen molar-refractivity contribution >= 4 is 11.6 Å². The molecule has 0 bridgehead atoms. The lowest BCUT2D eigenvalue weighted by Crippen LogP contribution is -1.95. The number of ether oxygens (including phenoxy) is 1. The monoisotopic (exact) mass is 190 g/mol. The zero-order valence-corrected chi connectivity index (χ0v) is 7.23. The lowest BCUT2D eigenvalue weighted by atomic mass is 10.2. The fraction of sp³-hybridized carbons (Fsp3) is 0.250. The van der Waals surface area contributed by atoms with Crippen LogP contribution in [0.1, 0.15) is 5.56 Å². The van der Waals surface area contributed by atoms with Gasteiger partial charge in [-0.1, -0.05) is 17.7 Å². The molecular weight excluding hydrogens is 183 g/mol. The Balaban J connectivity index is 3.24. The van der Waals surface area contributed by atoms with Gasteiger partial charge >= 0.3 is 0 Å². The summed E-state index contributed by atoms with van der Waals surface area (Å²) in [7, 11) is 1.32. The van der Waals surface area contributed by atoms with E-state index in [9.17, 15) is 4.39 Å². The van der Waals surface area contributed by atoms with Crippen LogP contribution in [0.4, 0.5) is 4.39 Å². The minimum Gasteiger partial charge on any atom is -0.492 e. The molecule has 1 aromatic carbocycles. The predicted octanol–water partition coefficient (Wildman–Crippen LogP) is 1.98. The van der Waals surface area contributed by atoms with Crippen molar-refractivity contribution in [1.29, 1.82) is 0 Å². The van der Waals surface area contributed by atoms with Gasteiger partial charge in [0.25, 0.3) is 0 Å². The Morgan fingerprint density at radius 1 is 1.58 bits per heavy atom. The van der Waals surface area contributed by atoms with E-state index in [1.165, 1.54) is 19.2 Å². The van der Waals surface area contributed by atoms with Gasteiger partial charge in [0.1, 0.15) is 0 Å². The quantitative estimate of drug-likeness (QED) is 0.773. The van der Waals surface area contributed by atoms with Crippen LogP contribution in [-0.4, -0.2) is 12.2 Å². The number of benzene rings is 1. The number of hydrogen-bond acceptors (Lipinski definition) is 2. The molecule has 0 unspecified atom stereocenters. The molecule has 0 fully saturated rings. The highest BCUT2D eigenvalue weighted by Gasteiger charge is 2.11. The van der Waals surface area contributed by atoms with Gasteiger partial charge in [-0.15, -0.1) is 0 Å².